The first kappa shape index (κ1) is 21.8. The van der Waals surface area contributed by atoms with E-state index in [1.165, 1.54) is 4.90 Å². The lowest BCUT2D eigenvalue weighted by atomic mass is 9.99. The summed E-state index contributed by atoms with van der Waals surface area (Å²) < 4.78 is 61.0. The predicted octanol–water partition coefficient (Wildman–Crippen LogP) is 3.47. The van der Waals surface area contributed by atoms with E-state index in [1.807, 2.05) is 13.8 Å². The van der Waals surface area contributed by atoms with Crippen LogP contribution >= 0.6 is 0 Å². The first-order valence-corrected chi connectivity index (χ1v) is 10.4. The molecular formula is C19H18F3N3O4S. The summed E-state index contributed by atoms with van der Waals surface area (Å²) >= 11 is 0. The number of sulfone groups is 1. The van der Waals surface area contributed by atoms with E-state index in [0.29, 0.717) is 0 Å². The van der Waals surface area contributed by atoms with E-state index in [-0.39, 0.29) is 24.7 Å². The van der Waals surface area contributed by atoms with E-state index in [0.717, 1.165) is 40.3 Å². The molecule has 2 aromatic rings. The summed E-state index contributed by atoms with van der Waals surface area (Å²) in [5.41, 5.74) is -3.69. The Kier molecular flexibility index (Phi) is 5.59. The van der Waals surface area contributed by atoms with Gasteiger partial charge in [0.1, 0.15) is 6.54 Å². The highest BCUT2D eigenvalue weighted by Crippen LogP contribution is 2.32. The molecule has 1 aliphatic rings. The van der Waals surface area contributed by atoms with Gasteiger partial charge < -0.3 is 4.90 Å². The number of imide groups is 1. The SMILES string of the molecule is CC(C)c1cnccc1CN1CC(=O)N(c2ccc(S(=O)(=O)C(F)(F)F)cc2)C1=O. The Morgan fingerprint density at radius 1 is 1.10 bits per heavy atom. The van der Waals surface area contributed by atoms with Crippen LogP contribution in [0.25, 0.3) is 0 Å². The van der Waals surface area contributed by atoms with Gasteiger partial charge in [0.15, 0.2) is 0 Å². The molecule has 0 atom stereocenters. The van der Waals surface area contributed by atoms with Crippen LogP contribution in [0.2, 0.25) is 0 Å². The van der Waals surface area contributed by atoms with E-state index in [9.17, 15) is 31.2 Å². The molecule has 0 N–H and O–H groups in total. The summed E-state index contributed by atoms with van der Waals surface area (Å²) in [6, 6.07) is 4.57. The molecule has 1 aromatic heterocycles. The Hall–Kier alpha value is -2.95. The van der Waals surface area contributed by atoms with Crippen molar-refractivity contribution in [1.82, 2.24) is 9.88 Å². The van der Waals surface area contributed by atoms with Gasteiger partial charge in [0.2, 0.25) is 0 Å². The fourth-order valence-corrected chi connectivity index (χ4v) is 3.90. The Balaban J connectivity index is 1.84. The second-order valence-corrected chi connectivity index (χ2v) is 8.98. The van der Waals surface area contributed by atoms with Crippen molar-refractivity contribution in [2.24, 2.45) is 0 Å². The van der Waals surface area contributed by atoms with E-state index >= 15 is 0 Å². The average Bonchev–Trinajstić information content (AvgIpc) is 2.94. The zero-order chi connectivity index (χ0) is 22.3. The molecule has 2 heterocycles. The van der Waals surface area contributed by atoms with Gasteiger partial charge in [0.25, 0.3) is 15.7 Å². The number of benzene rings is 1. The molecule has 11 heteroatoms. The van der Waals surface area contributed by atoms with Crippen LogP contribution in [0.15, 0.2) is 47.6 Å². The minimum absolute atomic E-state index is 0.00700. The number of urea groups is 1. The normalized spacial score (nSPS) is 15.4. The number of halogens is 3. The predicted molar refractivity (Wildman–Crippen MR) is 101 cm³/mol. The highest BCUT2D eigenvalue weighted by molar-refractivity contribution is 7.92. The number of carbonyl (C=O) groups excluding carboxylic acids is 2. The number of pyridine rings is 1. The smallest absolute Gasteiger partial charge is 0.310 e. The Morgan fingerprint density at radius 2 is 1.73 bits per heavy atom. The Morgan fingerprint density at radius 3 is 2.30 bits per heavy atom. The quantitative estimate of drug-likeness (QED) is 0.663. The maximum absolute atomic E-state index is 12.8. The van der Waals surface area contributed by atoms with Crippen LogP contribution in [0, 0.1) is 0 Å². The van der Waals surface area contributed by atoms with Crippen molar-refractivity contribution in [3.05, 3.63) is 53.9 Å². The molecule has 0 spiro atoms. The van der Waals surface area contributed by atoms with Crippen LogP contribution in [0.5, 0.6) is 0 Å². The van der Waals surface area contributed by atoms with Crippen molar-refractivity contribution in [2.75, 3.05) is 11.4 Å². The molecule has 1 aliphatic heterocycles. The average molecular weight is 441 g/mol. The van der Waals surface area contributed by atoms with Crippen LogP contribution in [0.4, 0.5) is 23.7 Å². The van der Waals surface area contributed by atoms with Gasteiger partial charge in [-0.15, -0.1) is 0 Å². The number of nitrogens with zero attached hydrogens (tertiary/aromatic N) is 3. The van der Waals surface area contributed by atoms with Gasteiger partial charge in [0, 0.05) is 18.9 Å². The summed E-state index contributed by atoms with van der Waals surface area (Å²) in [4.78, 5) is 30.4. The number of aromatic nitrogens is 1. The van der Waals surface area contributed by atoms with Crippen LogP contribution in [-0.4, -0.2) is 42.3 Å². The topological polar surface area (TPSA) is 87.7 Å². The molecule has 1 aromatic carbocycles. The first-order chi connectivity index (χ1) is 13.9. The summed E-state index contributed by atoms with van der Waals surface area (Å²) in [6.45, 7) is 3.90. The van der Waals surface area contributed by atoms with Crippen molar-refractivity contribution in [1.29, 1.82) is 0 Å². The third-order valence-corrected chi connectivity index (χ3v) is 6.18. The van der Waals surface area contributed by atoms with Crippen molar-refractivity contribution in [3.63, 3.8) is 0 Å². The second-order valence-electron chi connectivity index (χ2n) is 7.04. The molecule has 1 fully saturated rings. The minimum atomic E-state index is -5.51. The number of anilines is 1. The maximum Gasteiger partial charge on any atom is 0.501 e. The monoisotopic (exact) mass is 441 g/mol. The largest absolute Gasteiger partial charge is 0.501 e. The van der Waals surface area contributed by atoms with Gasteiger partial charge in [-0.1, -0.05) is 13.8 Å². The molecule has 7 nitrogen and oxygen atoms in total. The number of hydrogen-bond acceptors (Lipinski definition) is 5. The van der Waals surface area contributed by atoms with E-state index in [1.54, 1.807) is 18.5 Å². The molecule has 30 heavy (non-hydrogen) atoms. The van der Waals surface area contributed by atoms with Gasteiger partial charge >= 0.3 is 11.5 Å². The van der Waals surface area contributed by atoms with Crippen molar-refractivity contribution >= 4 is 27.5 Å². The Bertz CT molecular complexity index is 1080. The Labute approximate surface area is 171 Å². The van der Waals surface area contributed by atoms with Crippen molar-refractivity contribution < 1.29 is 31.2 Å². The van der Waals surface area contributed by atoms with E-state index in [4.69, 9.17) is 0 Å². The lowest BCUT2D eigenvalue weighted by Crippen LogP contribution is -2.33. The zero-order valence-electron chi connectivity index (χ0n) is 16.0. The molecule has 0 bridgehead atoms. The number of rotatable bonds is 5. The van der Waals surface area contributed by atoms with Gasteiger partial charge in [-0.3, -0.25) is 9.78 Å². The van der Waals surface area contributed by atoms with Crippen molar-refractivity contribution in [3.8, 4) is 0 Å². The van der Waals surface area contributed by atoms with Gasteiger partial charge in [-0.05, 0) is 47.4 Å². The fourth-order valence-electron chi connectivity index (χ4n) is 3.14. The summed E-state index contributed by atoms with van der Waals surface area (Å²) in [6.07, 6.45) is 3.28. The van der Waals surface area contributed by atoms with E-state index in [2.05, 4.69) is 4.98 Å². The lowest BCUT2D eigenvalue weighted by Gasteiger charge is -2.20. The van der Waals surface area contributed by atoms with Crippen LogP contribution in [-0.2, 0) is 21.2 Å². The molecule has 0 saturated carbocycles. The van der Waals surface area contributed by atoms with Gasteiger partial charge in [0.05, 0.1) is 10.6 Å². The first-order valence-electron chi connectivity index (χ1n) is 8.89. The maximum atomic E-state index is 12.8. The highest BCUT2D eigenvalue weighted by atomic mass is 32.2. The van der Waals surface area contributed by atoms with Crippen LogP contribution in [0.3, 0.4) is 0 Å². The zero-order valence-corrected chi connectivity index (χ0v) is 16.9. The minimum Gasteiger partial charge on any atom is -0.310 e. The molecular weight excluding hydrogens is 423 g/mol. The number of amides is 3. The molecule has 0 aliphatic carbocycles. The molecule has 3 rings (SSSR count). The fraction of sp³-hybridized carbons (Fsp3) is 0.316. The van der Waals surface area contributed by atoms with Crippen LogP contribution in [0.1, 0.15) is 30.9 Å². The van der Waals surface area contributed by atoms with Crippen molar-refractivity contribution in [2.45, 2.75) is 36.7 Å². The summed E-state index contributed by atoms with van der Waals surface area (Å²) in [5.74, 6) is -0.409. The summed E-state index contributed by atoms with van der Waals surface area (Å²) in [7, 11) is -5.51. The summed E-state index contributed by atoms with van der Waals surface area (Å²) in [5, 5.41) is 0. The third kappa shape index (κ3) is 3.89. The van der Waals surface area contributed by atoms with E-state index < -0.39 is 32.2 Å². The number of alkyl halides is 3. The molecule has 160 valence electrons. The molecule has 3 amide bonds. The molecule has 0 unspecified atom stereocenters. The standard InChI is InChI=1S/C19H18F3N3O4S/c1-12(2)16-9-23-8-7-13(16)10-24-11-17(26)25(18(24)27)14-3-5-15(6-4-14)30(28,29)19(20,21)22/h3-9,12H,10-11H2,1-2H3. The van der Waals surface area contributed by atoms with Gasteiger partial charge in [-0.25, -0.2) is 18.1 Å². The third-order valence-electron chi connectivity index (χ3n) is 4.68. The highest BCUT2D eigenvalue weighted by Gasteiger charge is 2.47. The molecule has 1 saturated heterocycles. The molecule has 0 radical (unpaired) electrons. The van der Waals surface area contributed by atoms with Crippen LogP contribution < -0.4 is 4.90 Å². The lowest BCUT2D eigenvalue weighted by molar-refractivity contribution is -0.116. The van der Waals surface area contributed by atoms with Gasteiger partial charge in [-0.2, -0.15) is 13.2 Å². The second kappa shape index (κ2) is 7.71. The number of hydrogen-bond donors (Lipinski definition) is 0. The number of carbonyl (C=O) groups is 2.